The fourth-order valence-electron chi connectivity index (χ4n) is 3.26. The van der Waals surface area contributed by atoms with Crippen LogP contribution in [-0.4, -0.2) is 55.0 Å². The number of alkyl halides is 3. The van der Waals surface area contributed by atoms with Crippen molar-refractivity contribution in [2.24, 2.45) is 0 Å². The molecule has 0 aliphatic carbocycles. The first-order valence-electron chi connectivity index (χ1n) is 10.3. The van der Waals surface area contributed by atoms with Crippen LogP contribution >= 0.6 is 0 Å². The first kappa shape index (κ1) is 25.8. The molecular weight excluding hydrogens is 443 g/mol. The summed E-state index contributed by atoms with van der Waals surface area (Å²) < 4.78 is 33.8. The molecule has 0 spiro atoms. The third-order valence-electron chi connectivity index (χ3n) is 4.86. The van der Waals surface area contributed by atoms with Gasteiger partial charge in [0.2, 0.25) is 11.8 Å². The molecule has 2 amide bonds. The van der Waals surface area contributed by atoms with E-state index in [4.69, 9.17) is 9.90 Å². The maximum Gasteiger partial charge on any atom is 0.490 e. The van der Waals surface area contributed by atoms with Crippen molar-refractivity contribution in [2.75, 3.05) is 6.54 Å². The van der Waals surface area contributed by atoms with Crippen LogP contribution in [0, 0.1) is 0 Å². The van der Waals surface area contributed by atoms with Crippen LogP contribution in [0.15, 0.2) is 30.7 Å². The number of aromatic nitrogens is 3. The Kier molecular flexibility index (Phi) is 8.94. The molecule has 2 aromatic heterocycles. The Morgan fingerprint density at radius 2 is 1.97 bits per heavy atom. The number of nitrogens with zero attached hydrogens (tertiary/aromatic N) is 4. The number of imidazole rings is 1. The minimum Gasteiger partial charge on any atom is -0.475 e. The molecule has 0 fully saturated rings. The number of aliphatic carboxylic acids is 1. The van der Waals surface area contributed by atoms with Crippen LogP contribution in [-0.2, 0) is 33.9 Å². The maximum atomic E-state index is 12.2. The molecule has 0 bridgehead atoms. The van der Waals surface area contributed by atoms with E-state index in [0.717, 1.165) is 30.0 Å². The van der Waals surface area contributed by atoms with Gasteiger partial charge < -0.3 is 19.9 Å². The number of carboxylic acids is 1. The zero-order valence-electron chi connectivity index (χ0n) is 18.3. The van der Waals surface area contributed by atoms with E-state index in [1.54, 1.807) is 12.4 Å². The summed E-state index contributed by atoms with van der Waals surface area (Å²) in [4.78, 5) is 43.9. The second-order valence-electron chi connectivity index (χ2n) is 7.41. The van der Waals surface area contributed by atoms with Crippen LogP contribution in [0.4, 0.5) is 13.2 Å². The number of halogens is 3. The predicted molar refractivity (Wildman–Crippen MR) is 111 cm³/mol. The van der Waals surface area contributed by atoms with Gasteiger partial charge in [0.1, 0.15) is 5.82 Å². The predicted octanol–water partition coefficient (Wildman–Crippen LogP) is 2.47. The van der Waals surface area contributed by atoms with Crippen molar-refractivity contribution in [1.82, 2.24) is 24.8 Å². The van der Waals surface area contributed by atoms with Gasteiger partial charge in [-0.25, -0.2) is 9.78 Å². The Balaban J connectivity index is 0.000000479. The summed E-state index contributed by atoms with van der Waals surface area (Å²) in [5, 5.41) is 10.0. The Morgan fingerprint density at radius 3 is 2.55 bits per heavy atom. The number of nitrogens with one attached hydrogen (secondary N) is 1. The summed E-state index contributed by atoms with van der Waals surface area (Å²) in [5.74, 6) is -1.80. The van der Waals surface area contributed by atoms with E-state index < -0.39 is 12.1 Å². The highest BCUT2D eigenvalue weighted by Crippen LogP contribution is 2.25. The Morgan fingerprint density at radius 1 is 1.27 bits per heavy atom. The normalized spacial score (nSPS) is 15.2. The molecule has 9 nitrogen and oxygen atoms in total. The van der Waals surface area contributed by atoms with Gasteiger partial charge in [0, 0.05) is 44.6 Å². The molecule has 3 heterocycles. The molecule has 1 unspecified atom stereocenters. The number of carbonyl (C=O) groups excluding carboxylic acids is 2. The molecule has 1 aliphatic rings. The second kappa shape index (κ2) is 11.4. The monoisotopic (exact) mass is 469 g/mol. The highest BCUT2D eigenvalue weighted by molar-refractivity contribution is 5.78. The van der Waals surface area contributed by atoms with Crippen molar-refractivity contribution in [2.45, 2.75) is 58.4 Å². The molecule has 0 saturated heterocycles. The number of pyridine rings is 1. The first-order chi connectivity index (χ1) is 15.5. The van der Waals surface area contributed by atoms with Gasteiger partial charge in [-0.15, -0.1) is 0 Å². The van der Waals surface area contributed by atoms with Gasteiger partial charge in [-0.1, -0.05) is 13.0 Å². The first-order valence-corrected chi connectivity index (χ1v) is 10.3. The average molecular weight is 469 g/mol. The maximum absolute atomic E-state index is 12.2. The smallest absolute Gasteiger partial charge is 0.475 e. The number of amides is 2. The van der Waals surface area contributed by atoms with Crippen molar-refractivity contribution in [3.63, 3.8) is 0 Å². The number of hydrogen-bond donors (Lipinski definition) is 2. The third kappa shape index (κ3) is 7.58. The molecule has 1 aliphatic heterocycles. The zero-order valence-corrected chi connectivity index (χ0v) is 18.3. The minimum absolute atomic E-state index is 0.0602. The summed E-state index contributed by atoms with van der Waals surface area (Å²) in [7, 11) is 0. The number of hydrogen-bond acceptors (Lipinski definition) is 5. The van der Waals surface area contributed by atoms with Gasteiger partial charge in [-0.2, -0.15) is 13.2 Å². The van der Waals surface area contributed by atoms with Crippen molar-refractivity contribution in [3.05, 3.63) is 47.8 Å². The van der Waals surface area contributed by atoms with Crippen molar-refractivity contribution >= 4 is 17.8 Å². The fourth-order valence-corrected chi connectivity index (χ4v) is 3.26. The van der Waals surface area contributed by atoms with Gasteiger partial charge in [-0.3, -0.25) is 14.6 Å². The van der Waals surface area contributed by atoms with Gasteiger partial charge in [-0.05, 0) is 25.0 Å². The zero-order chi connectivity index (χ0) is 24.6. The number of rotatable bonds is 6. The minimum atomic E-state index is -5.08. The fraction of sp³-hybridized carbons (Fsp3) is 0.476. The quantitative estimate of drug-likeness (QED) is 0.671. The standard InChI is InChI=1S/C19H25N5O2.C2HF3O2/c1-3-5-18(26)24-9-8-23-13-16(22-19(23)14(24)2)10-17(25)21-12-15-6-4-7-20-11-15;3-2(4,5)1(6)7/h4,6-7,11,13-14H,3,5,8-10,12H2,1-2H3,(H,21,25);(H,6,7). The lowest BCUT2D eigenvalue weighted by molar-refractivity contribution is -0.192. The molecular formula is C21H26F3N5O4. The van der Waals surface area contributed by atoms with Gasteiger partial charge >= 0.3 is 12.1 Å². The van der Waals surface area contributed by atoms with E-state index in [0.29, 0.717) is 19.5 Å². The highest BCUT2D eigenvalue weighted by atomic mass is 19.4. The van der Waals surface area contributed by atoms with E-state index in [2.05, 4.69) is 19.9 Å². The SMILES string of the molecule is CCCC(=O)N1CCn2cc(CC(=O)NCc3cccnc3)nc2C1C.O=C(O)C(F)(F)F. The van der Waals surface area contributed by atoms with Crippen LogP contribution in [0.2, 0.25) is 0 Å². The largest absolute Gasteiger partial charge is 0.490 e. The summed E-state index contributed by atoms with van der Waals surface area (Å²) in [6.07, 6.45) is 1.93. The Bertz CT molecular complexity index is 963. The van der Waals surface area contributed by atoms with Crippen LogP contribution in [0.1, 0.15) is 49.8 Å². The summed E-state index contributed by atoms with van der Waals surface area (Å²) in [6, 6.07) is 3.71. The molecule has 0 aromatic carbocycles. The molecule has 0 radical (unpaired) electrons. The van der Waals surface area contributed by atoms with Crippen LogP contribution in [0.3, 0.4) is 0 Å². The van der Waals surface area contributed by atoms with E-state index in [-0.39, 0.29) is 24.3 Å². The molecule has 3 rings (SSSR count). The summed E-state index contributed by atoms with van der Waals surface area (Å²) in [6.45, 7) is 5.87. The van der Waals surface area contributed by atoms with Crippen molar-refractivity contribution in [3.8, 4) is 0 Å². The average Bonchev–Trinajstić information content (AvgIpc) is 3.16. The molecule has 2 N–H and O–H groups in total. The second-order valence-corrected chi connectivity index (χ2v) is 7.41. The van der Waals surface area contributed by atoms with Gasteiger partial charge in [0.05, 0.1) is 18.2 Å². The Hall–Kier alpha value is -3.44. The highest BCUT2D eigenvalue weighted by Gasteiger charge is 2.38. The molecule has 1 atom stereocenters. The topological polar surface area (TPSA) is 117 Å². The molecule has 12 heteroatoms. The lowest BCUT2D eigenvalue weighted by atomic mass is 10.2. The number of carboxylic acid groups (broad SMARTS) is 1. The third-order valence-corrected chi connectivity index (χ3v) is 4.86. The lowest BCUT2D eigenvalue weighted by Crippen LogP contribution is -2.40. The van der Waals surface area contributed by atoms with Gasteiger partial charge in [0.15, 0.2) is 0 Å². The number of fused-ring (bicyclic) bond motifs is 1. The molecule has 180 valence electrons. The molecule has 33 heavy (non-hydrogen) atoms. The summed E-state index contributed by atoms with van der Waals surface area (Å²) >= 11 is 0. The molecule has 0 saturated carbocycles. The van der Waals surface area contributed by atoms with Crippen molar-refractivity contribution in [1.29, 1.82) is 0 Å². The lowest BCUT2D eigenvalue weighted by Gasteiger charge is -2.33. The van der Waals surface area contributed by atoms with Crippen molar-refractivity contribution < 1.29 is 32.7 Å². The molecule has 2 aromatic rings. The van der Waals surface area contributed by atoms with Crippen LogP contribution < -0.4 is 5.32 Å². The van der Waals surface area contributed by atoms with Crippen LogP contribution in [0.5, 0.6) is 0 Å². The van der Waals surface area contributed by atoms with E-state index in [9.17, 15) is 22.8 Å². The summed E-state index contributed by atoms with van der Waals surface area (Å²) in [5.41, 5.74) is 1.70. The van der Waals surface area contributed by atoms with E-state index in [1.807, 2.05) is 37.1 Å². The van der Waals surface area contributed by atoms with E-state index in [1.165, 1.54) is 0 Å². The van der Waals surface area contributed by atoms with E-state index >= 15 is 0 Å². The van der Waals surface area contributed by atoms with Gasteiger partial charge in [0.25, 0.3) is 0 Å². The number of carbonyl (C=O) groups is 3. The van der Waals surface area contributed by atoms with Crippen LogP contribution in [0.25, 0.3) is 0 Å². The Labute approximate surface area is 188 Å².